The molecule has 0 spiro atoms. The van der Waals surface area contributed by atoms with E-state index in [1.807, 2.05) is 31.2 Å². The summed E-state index contributed by atoms with van der Waals surface area (Å²) in [5, 5.41) is 2.91. The highest BCUT2D eigenvalue weighted by molar-refractivity contribution is 7.89. The number of piperidine rings is 1. The van der Waals surface area contributed by atoms with E-state index in [4.69, 9.17) is 4.42 Å². The number of hydrogen-bond acceptors (Lipinski definition) is 5. The van der Waals surface area contributed by atoms with Crippen molar-refractivity contribution in [1.82, 2.24) is 14.6 Å². The van der Waals surface area contributed by atoms with Gasteiger partial charge in [0.1, 0.15) is 0 Å². The largest absolute Gasteiger partial charge is 0.417 e. The number of H-pyrrole nitrogens is 1. The molecule has 9 heteroatoms. The minimum Gasteiger partial charge on any atom is -0.408 e. The lowest BCUT2D eigenvalue weighted by atomic mass is 9.98. The SMILES string of the molecule is Cc1ccc(CNC(=O)[C@H]2CCCN(S(=O)(=O)c3ccc4[nH]c(=O)oc4c3)C2)cc1. The van der Waals surface area contributed by atoms with E-state index >= 15 is 0 Å². The van der Waals surface area contributed by atoms with Gasteiger partial charge in [0, 0.05) is 25.7 Å². The van der Waals surface area contributed by atoms with Crippen LogP contribution in [0.15, 0.2) is 56.6 Å². The summed E-state index contributed by atoms with van der Waals surface area (Å²) in [6, 6.07) is 12.2. The normalized spacial score (nSPS) is 17.8. The van der Waals surface area contributed by atoms with Crippen molar-refractivity contribution in [3.63, 3.8) is 0 Å². The molecule has 2 N–H and O–H groups in total. The molecule has 1 aliphatic heterocycles. The predicted molar refractivity (Wildman–Crippen MR) is 111 cm³/mol. The molecule has 158 valence electrons. The fourth-order valence-electron chi connectivity index (χ4n) is 3.65. The van der Waals surface area contributed by atoms with Crippen LogP contribution in [0.3, 0.4) is 0 Å². The summed E-state index contributed by atoms with van der Waals surface area (Å²) in [5.41, 5.74) is 2.77. The Morgan fingerprint density at radius 1 is 1.23 bits per heavy atom. The third-order valence-electron chi connectivity index (χ3n) is 5.37. The zero-order chi connectivity index (χ0) is 21.3. The second-order valence-electron chi connectivity index (χ2n) is 7.58. The Morgan fingerprint density at radius 3 is 2.77 bits per heavy atom. The number of carbonyl (C=O) groups excluding carboxylic acids is 1. The Morgan fingerprint density at radius 2 is 2.00 bits per heavy atom. The van der Waals surface area contributed by atoms with Crippen molar-refractivity contribution in [3.8, 4) is 0 Å². The summed E-state index contributed by atoms with van der Waals surface area (Å²) < 4.78 is 32.5. The summed E-state index contributed by atoms with van der Waals surface area (Å²) in [5.74, 6) is -1.20. The second kappa shape index (κ2) is 8.08. The summed E-state index contributed by atoms with van der Waals surface area (Å²) in [7, 11) is -3.81. The van der Waals surface area contributed by atoms with Crippen LogP contribution >= 0.6 is 0 Å². The molecule has 0 radical (unpaired) electrons. The lowest BCUT2D eigenvalue weighted by Crippen LogP contribution is -2.45. The molecule has 8 nitrogen and oxygen atoms in total. The van der Waals surface area contributed by atoms with Crippen molar-refractivity contribution in [2.75, 3.05) is 13.1 Å². The first-order chi connectivity index (χ1) is 14.3. The van der Waals surface area contributed by atoms with Crippen molar-refractivity contribution in [2.45, 2.75) is 31.2 Å². The van der Waals surface area contributed by atoms with Crippen molar-refractivity contribution >= 4 is 27.0 Å². The lowest BCUT2D eigenvalue weighted by molar-refractivity contribution is -0.126. The highest BCUT2D eigenvalue weighted by Gasteiger charge is 2.33. The molecule has 1 fully saturated rings. The van der Waals surface area contributed by atoms with Gasteiger partial charge in [-0.1, -0.05) is 29.8 Å². The van der Waals surface area contributed by atoms with E-state index in [0.717, 1.165) is 11.1 Å². The smallest absolute Gasteiger partial charge is 0.408 e. The average molecular weight is 429 g/mol. The first-order valence-electron chi connectivity index (χ1n) is 9.79. The van der Waals surface area contributed by atoms with E-state index in [9.17, 15) is 18.0 Å². The predicted octanol–water partition coefficient (Wildman–Crippen LogP) is 2.15. The molecular formula is C21H23N3O5S. The zero-order valence-electron chi connectivity index (χ0n) is 16.6. The Kier molecular flexibility index (Phi) is 5.48. The van der Waals surface area contributed by atoms with Gasteiger partial charge >= 0.3 is 5.76 Å². The maximum absolute atomic E-state index is 13.1. The minimum absolute atomic E-state index is 0.0402. The number of nitrogens with one attached hydrogen (secondary N) is 2. The minimum atomic E-state index is -3.81. The van der Waals surface area contributed by atoms with Crippen molar-refractivity contribution in [1.29, 1.82) is 0 Å². The van der Waals surface area contributed by atoms with E-state index in [-0.39, 0.29) is 22.9 Å². The van der Waals surface area contributed by atoms with Gasteiger partial charge in [-0.05, 0) is 37.5 Å². The van der Waals surface area contributed by atoms with Crippen molar-refractivity contribution < 1.29 is 17.6 Å². The van der Waals surface area contributed by atoms with Gasteiger partial charge in [-0.15, -0.1) is 0 Å². The fraction of sp³-hybridized carbons (Fsp3) is 0.333. The molecule has 2 heterocycles. The number of benzene rings is 2. The number of aromatic amines is 1. The number of nitrogens with zero attached hydrogens (tertiary/aromatic N) is 1. The third-order valence-corrected chi connectivity index (χ3v) is 7.23. The first-order valence-corrected chi connectivity index (χ1v) is 11.2. The Hall–Kier alpha value is -2.91. The van der Waals surface area contributed by atoms with E-state index in [2.05, 4.69) is 10.3 Å². The molecule has 1 saturated heterocycles. The molecule has 1 aliphatic rings. The zero-order valence-corrected chi connectivity index (χ0v) is 17.4. The molecule has 0 aliphatic carbocycles. The molecule has 0 unspecified atom stereocenters. The lowest BCUT2D eigenvalue weighted by Gasteiger charge is -2.31. The summed E-state index contributed by atoms with van der Waals surface area (Å²) >= 11 is 0. The summed E-state index contributed by atoms with van der Waals surface area (Å²) in [6.07, 6.45) is 1.24. The number of rotatable bonds is 5. The number of hydrogen-bond donors (Lipinski definition) is 2. The Bertz CT molecular complexity index is 1230. The van der Waals surface area contributed by atoms with Crippen LogP contribution in [-0.4, -0.2) is 36.7 Å². The Labute approximate surface area is 173 Å². The van der Waals surface area contributed by atoms with Crippen LogP contribution in [0, 0.1) is 12.8 Å². The number of amides is 1. The topological polar surface area (TPSA) is 112 Å². The fourth-order valence-corrected chi connectivity index (χ4v) is 5.19. The molecule has 1 atom stereocenters. The van der Waals surface area contributed by atoms with Crippen LogP contribution < -0.4 is 11.1 Å². The molecular weight excluding hydrogens is 406 g/mol. The van der Waals surface area contributed by atoms with Gasteiger partial charge < -0.3 is 9.73 Å². The van der Waals surface area contributed by atoms with Crippen LogP contribution in [0.2, 0.25) is 0 Å². The number of aryl methyl sites for hydroxylation is 1. The van der Waals surface area contributed by atoms with Crippen molar-refractivity contribution in [3.05, 3.63) is 64.1 Å². The standard InChI is InChI=1S/C21H23N3O5S/c1-14-4-6-15(7-5-14)12-22-20(25)16-3-2-10-24(13-16)30(27,28)17-8-9-18-19(11-17)29-21(26)23-18/h4-9,11,16H,2-3,10,12-13H2,1H3,(H,22,25)(H,23,26)/t16-/m0/s1. The highest BCUT2D eigenvalue weighted by atomic mass is 32.2. The maximum atomic E-state index is 13.1. The maximum Gasteiger partial charge on any atom is 0.417 e. The van der Waals surface area contributed by atoms with Crippen LogP contribution in [-0.2, 0) is 21.4 Å². The molecule has 1 amide bonds. The molecule has 30 heavy (non-hydrogen) atoms. The van der Waals surface area contributed by atoms with Crippen LogP contribution in [0.25, 0.3) is 11.1 Å². The van der Waals surface area contributed by atoms with E-state index in [1.165, 1.54) is 22.5 Å². The quantitative estimate of drug-likeness (QED) is 0.645. The van der Waals surface area contributed by atoms with Gasteiger partial charge in [-0.2, -0.15) is 4.31 Å². The van der Waals surface area contributed by atoms with Gasteiger partial charge in [0.15, 0.2) is 5.58 Å². The van der Waals surface area contributed by atoms with Gasteiger partial charge in [-0.3, -0.25) is 9.78 Å². The van der Waals surface area contributed by atoms with Crippen LogP contribution in [0.1, 0.15) is 24.0 Å². The van der Waals surface area contributed by atoms with Crippen LogP contribution in [0.5, 0.6) is 0 Å². The second-order valence-corrected chi connectivity index (χ2v) is 9.52. The first kappa shape index (κ1) is 20.4. The summed E-state index contributed by atoms with van der Waals surface area (Å²) in [6.45, 7) is 2.88. The molecule has 0 bridgehead atoms. The molecule has 3 aromatic rings. The van der Waals surface area contributed by atoms with E-state index in [0.29, 0.717) is 31.4 Å². The molecule has 0 saturated carbocycles. The number of carbonyl (C=O) groups is 1. The van der Waals surface area contributed by atoms with Gasteiger partial charge in [0.05, 0.1) is 16.3 Å². The van der Waals surface area contributed by atoms with Crippen LogP contribution in [0.4, 0.5) is 0 Å². The van der Waals surface area contributed by atoms with Gasteiger partial charge in [0.2, 0.25) is 15.9 Å². The van der Waals surface area contributed by atoms with Gasteiger partial charge in [0.25, 0.3) is 0 Å². The number of sulfonamides is 1. The van der Waals surface area contributed by atoms with E-state index < -0.39 is 21.7 Å². The van der Waals surface area contributed by atoms with Gasteiger partial charge in [-0.25, -0.2) is 13.2 Å². The number of oxazole rings is 1. The monoisotopic (exact) mass is 429 g/mol. The highest BCUT2D eigenvalue weighted by Crippen LogP contribution is 2.25. The summed E-state index contributed by atoms with van der Waals surface area (Å²) in [4.78, 5) is 26.5. The third kappa shape index (κ3) is 4.17. The molecule has 2 aromatic carbocycles. The van der Waals surface area contributed by atoms with Crippen molar-refractivity contribution in [2.24, 2.45) is 5.92 Å². The number of aromatic nitrogens is 1. The average Bonchev–Trinajstić information content (AvgIpc) is 3.12. The molecule has 4 rings (SSSR count). The number of fused-ring (bicyclic) bond motifs is 1. The Balaban J connectivity index is 1.45. The molecule has 1 aromatic heterocycles. The van der Waals surface area contributed by atoms with E-state index in [1.54, 1.807) is 0 Å².